The molecule has 2 aliphatic heterocycles. The van der Waals surface area contributed by atoms with E-state index in [2.05, 4.69) is 17.9 Å². The fourth-order valence-electron chi connectivity index (χ4n) is 4.09. The highest BCUT2D eigenvalue weighted by Crippen LogP contribution is 2.38. The van der Waals surface area contributed by atoms with Crippen LogP contribution in [0.3, 0.4) is 0 Å². The Bertz CT molecular complexity index is 946. The number of hydrogen-bond donors (Lipinski definition) is 0. The number of amides is 1. The molecule has 0 N–H and O–H groups in total. The Morgan fingerprint density at radius 3 is 2.74 bits per heavy atom. The highest BCUT2D eigenvalue weighted by Gasteiger charge is 2.36. The van der Waals surface area contributed by atoms with Crippen LogP contribution >= 0.6 is 11.3 Å². The van der Waals surface area contributed by atoms with Gasteiger partial charge in [0, 0.05) is 19.0 Å². The first-order valence-electron chi connectivity index (χ1n) is 10.5. The van der Waals surface area contributed by atoms with Crippen LogP contribution in [0.4, 0.5) is 0 Å². The summed E-state index contributed by atoms with van der Waals surface area (Å²) >= 11 is 1.64. The molecule has 0 saturated carbocycles. The number of carbonyl (C=O) groups is 1. The summed E-state index contributed by atoms with van der Waals surface area (Å²) in [5, 5.41) is 8.46. The summed E-state index contributed by atoms with van der Waals surface area (Å²) in [4.78, 5) is 16.7. The molecule has 31 heavy (non-hydrogen) atoms. The van der Waals surface area contributed by atoms with Crippen molar-refractivity contribution in [2.24, 2.45) is 5.10 Å². The normalized spacial score (nSPS) is 24.2. The number of nitrogens with zero attached hydrogens (tertiary/aromatic N) is 3. The Kier molecular flexibility index (Phi) is 6.60. The van der Waals surface area contributed by atoms with Gasteiger partial charge in [0.15, 0.2) is 11.5 Å². The van der Waals surface area contributed by atoms with E-state index in [1.165, 1.54) is 0 Å². The summed E-state index contributed by atoms with van der Waals surface area (Å²) in [6.45, 7) is 5.83. The second kappa shape index (κ2) is 9.38. The second-order valence-electron chi connectivity index (χ2n) is 8.02. The van der Waals surface area contributed by atoms with E-state index >= 15 is 0 Å². The van der Waals surface area contributed by atoms with E-state index in [9.17, 15) is 4.79 Å². The molecule has 0 bridgehead atoms. The first-order valence-corrected chi connectivity index (χ1v) is 11.4. The number of carbonyl (C=O) groups excluding carboxylic acids is 1. The van der Waals surface area contributed by atoms with Crippen molar-refractivity contribution in [1.82, 2.24) is 9.91 Å². The quantitative estimate of drug-likeness (QED) is 0.683. The minimum Gasteiger partial charge on any atom is -0.493 e. The van der Waals surface area contributed by atoms with Crippen LogP contribution in [-0.2, 0) is 9.53 Å². The van der Waals surface area contributed by atoms with E-state index in [4.69, 9.17) is 19.3 Å². The first-order chi connectivity index (χ1) is 15.0. The van der Waals surface area contributed by atoms with Gasteiger partial charge in [-0.25, -0.2) is 5.01 Å². The van der Waals surface area contributed by atoms with Crippen LogP contribution in [-0.4, -0.2) is 67.6 Å². The molecule has 1 fully saturated rings. The van der Waals surface area contributed by atoms with Gasteiger partial charge in [-0.1, -0.05) is 12.1 Å². The Morgan fingerprint density at radius 1 is 1.23 bits per heavy atom. The van der Waals surface area contributed by atoms with Crippen LogP contribution in [0.2, 0.25) is 0 Å². The summed E-state index contributed by atoms with van der Waals surface area (Å²) in [6.07, 6.45) is 0.783. The van der Waals surface area contributed by atoms with Crippen LogP contribution in [0.15, 0.2) is 40.8 Å². The lowest BCUT2D eigenvalue weighted by atomic mass is 10.0. The molecule has 1 aromatic heterocycles. The van der Waals surface area contributed by atoms with Crippen LogP contribution in [0.1, 0.15) is 36.8 Å². The van der Waals surface area contributed by atoms with E-state index in [1.54, 1.807) is 30.6 Å². The van der Waals surface area contributed by atoms with Gasteiger partial charge in [0.25, 0.3) is 5.91 Å². The Labute approximate surface area is 187 Å². The number of hydrogen-bond acceptors (Lipinski definition) is 7. The number of morpholine rings is 1. The largest absolute Gasteiger partial charge is 0.493 e. The highest BCUT2D eigenvalue weighted by molar-refractivity contribution is 7.12. The lowest BCUT2D eigenvalue weighted by Crippen LogP contribution is -2.51. The summed E-state index contributed by atoms with van der Waals surface area (Å²) in [5.41, 5.74) is 1.91. The number of rotatable bonds is 6. The number of thiophene rings is 1. The maximum atomic E-state index is 13.4. The molecule has 8 heteroatoms. The molecule has 7 nitrogen and oxygen atoms in total. The van der Waals surface area contributed by atoms with Crippen molar-refractivity contribution < 1.29 is 19.0 Å². The van der Waals surface area contributed by atoms with Gasteiger partial charge in [0.05, 0.1) is 50.1 Å². The predicted octanol–water partition coefficient (Wildman–Crippen LogP) is 3.55. The van der Waals surface area contributed by atoms with Gasteiger partial charge in [-0.15, -0.1) is 11.3 Å². The summed E-state index contributed by atoms with van der Waals surface area (Å²) in [5.74, 6) is 1.30. The SMILES string of the molecule is COc1ccc(C2CC(c3cccs3)=NN2C(=O)CN2CC(C)OCC2C)cc1OC. The minimum absolute atomic E-state index is 0.00714. The molecule has 3 atom stereocenters. The first kappa shape index (κ1) is 21.8. The average Bonchev–Trinajstić information content (AvgIpc) is 3.45. The molecule has 2 aromatic rings. The van der Waals surface area contributed by atoms with Crippen molar-refractivity contribution in [1.29, 1.82) is 0 Å². The molecule has 1 amide bonds. The van der Waals surface area contributed by atoms with Crippen molar-refractivity contribution >= 4 is 23.0 Å². The lowest BCUT2D eigenvalue weighted by molar-refractivity contribution is -0.137. The molecule has 4 rings (SSSR count). The number of methoxy groups -OCH3 is 2. The van der Waals surface area contributed by atoms with Gasteiger partial charge in [-0.2, -0.15) is 5.10 Å². The van der Waals surface area contributed by atoms with Gasteiger partial charge in [-0.3, -0.25) is 9.69 Å². The monoisotopic (exact) mass is 443 g/mol. The average molecular weight is 444 g/mol. The Hall–Kier alpha value is -2.42. The van der Waals surface area contributed by atoms with E-state index in [0.29, 0.717) is 31.1 Å². The third kappa shape index (κ3) is 4.61. The van der Waals surface area contributed by atoms with E-state index in [1.807, 2.05) is 36.6 Å². The summed E-state index contributed by atoms with van der Waals surface area (Å²) in [6, 6.07) is 9.88. The van der Waals surface area contributed by atoms with Crippen LogP contribution in [0, 0.1) is 0 Å². The minimum atomic E-state index is -0.182. The van der Waals surface area contributed by atoms with Gasteiger partial charge in [-0.05, 0) is 43.0 Å². The molecular weight excluding hydrogens is 414 g/mol. The van der Waals surface area contributed by atoms with Crippen molar-refractivity contribution in [3.63, 3.8) is 0 Å². The highest BCUT2D eigenvalue weighted by atomic mass is 32.1. The molecule has 2 aliphatic rings. The molecule has 3 heterocycles. The maximum absolute atomic E-state index is 13.4. The maximum Gasteiger partial charge on any atom is 0.257 e. The van der Waals surface area contributed by atoms with Crippen LogP contribution in [0.5, 0.6) is 11.5 Å². The molecule has 0 spiro atoms. The fraction of sp³-hybridized carbons (Fsp3) is 0.478. The zero-order chi connectivity index (χ0) is 22.0. The smallest absolute Gasteiger partial charge is 0.257 e. The molecule has 0 aliphatic carbocycles. The topological polar surface area (TPSA) is 63.6 Å². The van der Waals surface area contributed by atoms with Gasteiger partial charge >= 0.3 is 0 Å². The summed E-state index contributed by atoms with van der Waals surface area (Å²) < 4.78 is 16.6. The van der Waals surface area contributed by atoms with Crippen molar-refractivity contribution in [2.45, 2.75) is 38.5 Å². The Balaban J connectivity index is 1.61. The number of benzene rings is 1. The summed E-state index contributed by atoms with van der Waals surface area (Å²) in [7, 11) is 3.24. The molecule has 1 saturated heterocycles. The molecule has 3 unspecified atom stereocenters. The molecular formula is C23H29N3O4S. The van der Waals surface area contributed by atoms with E-state index < -0.39 is 0 Å². The standard InChI is InChI=1S/C23H29N3O4S/c1-15-14-30-16(2)12-25(15)13-23(27)26-19(11-18(24-26)22-6-5-9-31-22)17-7-8-20(28-3)21(10-17)29-4/h5-10,15-16,19H,11-14H2,1-4H3. The van der Waals surface area contributed by atoms with Crippen molar-refractivity contribution in [3.05, 3.63) is 46.2 Å². The number of hydrazone groups is 1. The molecule has 0 radical (unpaired) electrons. The Morgan fingerprint density at radius 2 is 2.03 bits per heavy atom. The van der Waals surface area contributed by atoms with Crippen LogP contribution < -0.4 is 9.47 Å². The van der Waals surface area contributed by atoms with E-state index in [-0.39, 0.29) is 24.1 Å². The van der Waals surface area contributed by atoms with Crippen molar-refractivity contribution in [2.75, 3.05) is 33.9 Å². The molecule has 166 valence electrons. The lowest BCUT2D eigenvalue weighted by Gasteiger charge is -2.37. The van der Waals surface area contributed by atoms with Gasteiger partial charge < -0.3 is 14.2 Å². The van der Waals surface area contributed by atoms with Crippen LogP contribution in [0.25, 0.3) is 0 Å². The third-order valence-electron chi connectivity index (χ3n) is 5.84. The third-order valence-corrected chi connectivity index (χ3v) is 6.76. The van der Waals surface area contributed by atoms with E-state index in [0.717, 1.165) is 22.7 Å². The fourth-order valence-corrected chi connectivity index (χ4v) is 4.81. The molecule has 1 aromatic carbocycles. The zero-order valence-corrected chi connectivity index (χ0v) is 19.2. The number of ether oxygens (including phenoxy) is 3. The van der Waals surface area contributed by atoms with Crippen molar-refractivity contribution in [3.8, 4) is 11.5 Å². The van der Waals surface area contributed by atoms with Gasteiger partial charge in [0.2, 0.25) is 0 Å². The predicted molar refractivity (Wildman–Crippen MR) is 121 cm³/mol. The second-order valence-corrected chi connectivity index (χ2v) is 8.97. The zero-order valence-electron chi connectivity index (χ0n) is 18.4. The van der Waals surface area contributed by atoms with Gasteiger partial charge in [0.1, 0.15) is 0 Å².